The van der Waals surface area contributed by atoms with E-state index < -0.39 is 11.5 Å². The summed E-state index contributed by atoms with van der Waals surface area (Å²) in [5.41, 5.74) is 2.94. The zero-order chi connectivity index (χ0) is 14.9. The number of aliphatic hydroxyl groups is 1. The lowest BCUT2D eigenvalue weighted by Gasteiger charge is -2.20. The zero-order valence-electron chi connectivity index (χ0n) is 12.7. The second kappa shape index (κ2) is 5.44. The number of anilines is 1. The van der Waals surface area contributed by atoms with Gasteiger partial charge in [-0.3, -0.25) is 4.79 Å². The fourth-order valence-corrected chi connectivity index (χ4v) is 2.37. The number of amides is 1. The highest BCUT2D eigenvalue weighted by atomic mass is 16.3. The molecule has 2 rings (SSSR count). The van der Waals surface area contributed by atoms with Gasteiger partial charge in [0.25, 0.3) is 0 Å². The third kappa shape index (κ3) is 3.12. The number of nitrogens with one attached hydrogen (secondary N) is 1. The highest BCUT2D eigenvalue weighted by Gasteiger charge is 2.22. The van der Waals surface area contributed by atoms with Crippen LogP contribution in [-0.2, 0) is 11.2 Å². The summed E-state index contributed by atoms with van der Waals surface area (Å²) in [7, 11) is 2.07. The lowest BCUT2D eigenvalue weighted by molar-refractivity contribution is -0.128. The molecule has 110 valence electrons. The molecule has 1 aliphatic heterocycles. The van der Waals surface area contributed by atoms with Crippen molar-refractivity contribution in [2.75, 3.05) is 25.0 Å². The number of carbonyl (C=O) groups excluding carboxylic acids is 1. The maximum atomic E-state index is 11.8. The number of rotatable bonds is 3. The molecule has 1 amide bonds. The first-order chi connectivity index (χ1) is 9.29. The highest BCUT2D eigenvalue weighted by Crippen LogP contribution is 2.29. The van der Waals surface area contributed by atoms with Gasteiger partial charge in [0.05, 0.1) is 6.10 Å². The van der Waals surface area contributed by atoms with Gasteiger partial charge in [-0.05, 0) is 23.6 Å². The van der Waals surface area contributed by atoms with Gasteiger partial charge in [-0.2, -0.15) is 0 Å². The van der Waals surface area contributed by atoms with Crippen LogP contribution in [0.15, 0.2) is 18.2 Å². The lowest BCUT2D eigenvalue weighted by atomic mass is 9.95. The van der Waals surface area contributed by atoms with Crippen molar-refractivity contribution in [3.63, 3.8) is 0 Å². The van der Waals surface area contributed by atoms with Crippen molar-refractivity contribution in [3.8, 4) is 0 Å². The van der Waals surface area contributed by atoms with Gasteiger partial charge in [-0.15, -0.1) is 0 Å². The number of fused-ring (bicyclic) bond motifs is 1. The molecule has 0 aromatic heterocycles. The maximum Gasteiger partial charge on any atom is 0.225 e. The maximum absolute atomic E-state index is 11.8. The summed E-state index contributed by atoms with van der Waals surface area (Å²) in [4.78, 5) is 14.0. The molecule has 20 heavy (non-hydrogen) atoms. The van der Waals surface area contributed by atoms with Gasteiger partial charge in [0.15, 0.2) is 0 Å². The van der Waals surface area contributed by atoms with Gasteiger partial charge in [-0.25, -0.2) is 0 Å². The van der Waals surface area contributed by atoms with E-state index in [0.29, 0.717) is 0 Å². The second-order valence-corrected chi connectivity index (χ2v) is 6.54. The quantitative estimate of drug-likeness (QED) is 0.886. The van der Waals surface area contributed by atoms with Crippen LogP contribution >= 0.6 is 0 Å². The van der Waals surface area contributed by atoms with Gasteiger partial charge in [0, 0.05) is 31.2 Å². The zero-order valence-corrected chi connectivity index (χ0v) is 12.7. The third-order valence-corrected chi connectivity index (χ3v) is 3.75. The summed E-state index contributed by atoms with van der Waals surface area (Å²) in [6.45, 7) is 6.86. The number of likely N-dealkylation sites (N-methyl/N-ethyl adjacent to an activating group) is 1. The van der Waals surface area contributed by atoms with Crippen LogP contribution in [0, 0.1) is 5.41 Å². The molecule has 0 bridgehead atoms. The molecule has 0 saturated heterocycles. The van der Waals surface area contributed by atoms with Crippen LogP contribution in [-0.4, -0.2) is 31.2 Å². The molecule has 1 atom stereocenters. The van der Waals surface area contributed by atoms with E-state index in [0.717, 1.165) is 18.5 Å². The number of benzene rings is 1. The Morgan fingerprint density at radius 3 is 2.80 bits per heavy atom. The normalized spacial score (nSPS) is 15.9. The molecule has 0 fully saturated rings. The smallest absolute Gasteiger partial charge is 0.225 e. The average Bonchev–Trinajstić information content (AvgIpc) is 2.75. The van der Waals surface area contributed by atoms with Crippen molar-refractivity contribution in [2.45, 2.75) is 33.3 Å². The van der Waals surface area contributed by atoms with Gasteiger partial charge in [0.1, 0.15) is 0 Å². The van der Waals surface area contributed by atoms with Gasteiger partial charge >= 0.3 is 0 Å². The minimum atomic E-state index is -0.655. The minimum absolute atomic E-state index is 0.0440. The summed E-state index contributed by atoms with van der Waals surface area (Å²) in [5, 5.41) is 13.0. The van der Waals surface area contributed by atoms with E-state index in [-0.39, 0.29) is 12.5 Å². The molecule has 0 aliphatic carbocycles. The Balaban J connectivity index is 2.00. The standard InChI is InChI=1S/C16H24N2O2/c1-16(2,3)15(20)17-10-14(19)12-5-6-13-11(9-12)7-8-18(13)4/h5-6,9,14,19H,7-8,10H2,1-4H3,(H,17,20)/t14-/m1/s1. The molecule has 4 heteroatoms. The van der Waals surface area contributed by atoms with Crippen molar-refractivity contribution < 1.29 is 9.90 Å². The van der Waals surface area contributed by atoms with E-state index in [2.05, 4.69) is 17.3 Å². The Kier molecular flexibility index (Phi) is 4.04. The lowest BCUT2D eigenvalue weighted by Crippen LogP contribution is -2.37. The second-order valence-electron chi connectivity index (χ2n) is 6.54. The summed E-state index contributed by atoms with van der Waals surface area (Å²) in [6, 6.07) is 6.04. The Bertz CT molecular complexity index is 506. The van der Waals surface area contributed by atoms with Crippen molar-refractivity contribution in [1.29, 1.82) is 0 Å². The molecular weight excluding hydrogens is 252 g/mol. The Morgan fingerprint density at radius 2 is 2.15 bits per heavy atom. The molecule has 0 radical (unpaired) electrons. The monoisotopic (exact) mass is 276 g/mol. The predicted octanol–water partition coefficient (Wildman–Crippen LogP) is 1.87. The first-order valence-electron chi connectivity index (χ1n) is 7.09. The van der Waals surface area contributed by atoms with E-state index in [1.54, 1.807) is 0 Å². The average molecular weight is 276 g/mol. The van der Waals surface area contributed by atoms with Crippen LogP contribution < -0.4 is 10.2 Å². The first-order valence-corrected chi connectivity index (χ1v) is 7.09. The van der Waals surface area contributed by atoms with E-state index in [4.69, 9.17) is 0 Å². The molecule has 0 saturated carbocycles. The summed E-state index contributed by atoms with van der Waals surface area (Å²) >= 11 is 0. The molecule has 1 aromatic rings. The molecule has 1 heterocycles. The van der Waals surface area contributed by atoms with Crippen molar-refractivity contribution in [2.24, 2.45) is 5.41 Å². The van der Waals surface area contributed by atoms with Crippen LogP contribution in [0.1, 0.15) is 38.0 Å². The summed E-state index contributed by atoms with van der Waals surface area (Å²) in [5.74, 6) is -0.0440. The highest BCUT2D eigenvalue weighted by molar-refractivity contribution is 5.81. The van der Waals surface area contributed by atoms with E-state index in [1.165, 1.54) is 11.3 Å². The first kappa shape index (κ1) is 14.9. The summed E-state index contributed by atoms with van der Waals surface area (Å²) in [6.07, 6.45) is 0.360. The van der Waals surface area contributed by atoms with Gasteiger partial charge in [0.2, 0.25) is 5.91 Å². The van der Waals surface area contributed by atoms with Crippen LogP contribution in [0.25, 0.3) is 0 Å². The molecular formula is C16H24N2O2. The van der Waals surface area contributed by atoms with E-state index in [9.17, 15) is 9.90 Å². The molecule has 0 spiro atoms. The number of nitrogens with zero attached hydrogens (tertiary/aromatic N) is 1. The largest absolute Gasteiger partial charge is 0.387 e. The van der Waals surface area contributed by atoms with Gasteiger partial charge < -0.3 is 15.3 Å². The predicted molar refractivity (Wildman–Crippen MR) is 80.8 cm³/mol. The van der Waals surface area contributed by atoms with E-state index in [1.807, 2.05) is 39.0 Å². The number of carbonyl (C=O) groups is 1. The van der Waals surface area contributed by atoms with Crippen molar-refractivity contribution in [1.82, 2.24) is 5.32 Å². The van der Waals surface area contributed by atoms with Crippen LogP contribution in [0.4, 0.5) is 5.69 Å². The van der Waals surface area contributed by atoms with Crippen molar-refractivity contribution in [3.05, 3.63) is 29.3 Å². The Labute approximate surface area is 120 Å². The van der Waals surface area contributed by atoms with Crippen molar-refractivity contribution >= 4 is 11.6 Å². The van der Waals surface area contributed by atoms with Gasteiger partial charge in [-0.1, -0.05) is 32.9 Å². The number of hydrogen-bond acceptors (Lipinski definition) is 3. The molecule has 1 aliphatic rings. The fraction of sp³-hybridized carbons (Fsp3) is 0.562. The number of aliphatic hydroxyl groups excluding tert-OH is 1. The third-order valence-electron chi connectivity index (χ3n) is 3.75. The molecule has 1 aromatic carbocycles. The minimum Gasteiger partial charge on any atom is -0.387 e. The summed E-state index contributed by atoms with van der Waals surface area (Å²) < 4.78 is 0. The Morgan fingerprint density at radius 1 is 1.45 bits per heavy atom. The number of hydrogen-bond donors (Lipinski definition) is 2. The van der Waals surface area contributed by atoms with Crippen LogP contribution in [0.2, 0.25) is 0 Å². The van der Waals surface area contributed by atoms with Crippen LogP contribution in [0.5, 0.6) is 0 Å². The molecule has 4 nitrogen and oxygen atoms in total. The van der Waals surface area contributed by atoms with Crippen LogP contribution in [0.3, 0.4) is 0 Å². The molecule has 0 unspecified atom stereocenters. The van der Waals surface area contributed by atoms with E-state index >= 15 is 0 Å². The molecule has 2 N–H and O–H groups in total. The fourth-order valence-electron chi connectivity index (χ4n) is 2.37. The topological polar surface area (TPSA) is 52.6 Å². The SMILES string of the molecule is CN1CCc2cc([C@H](O)CNC(=O)C(C)(C)C)ccc21. The Hall–Kier alpha value is -1.55.